The van der Waals surface area contributed by atoms with Gasteiger partial charge in [0.2, 0.25) is 6.79 Å². The molecule has 2 aromatic rings. The molecule has 7 nitrogen and oxygen atoms in total. The molecular weight excluding hydrogens is 350 g/mol. The van der Waals surface area contributed by atoms with E-state index in [2.05, 4.69) is 0 Å². The van der Waals surface area contributed by atoms with E-state index < -0.39 is 17.6 Å². The van der Waals surface area contributed by atoms with Gasteiger partial charge in [-0.25, -0.2) is 0 Å². The average Bonchev–Trinajstić information content (AvgIpc) is 3.22. The number of nitrogens with zero attached hydrogens (tertiary/aromatic N) is 1. The molecule has 0 bridgehead atoms. The molecule has 0 saturated heterocycles. The maximum atomic E-state index is 12.8. The molecule has 2 aliphatic rings. The van der Waals surface area contributed by atoms with Crippen molar-refractivity contribution in [2.45, 2.75) is 13.5 Å². The third kappa shape index (κ3) is 2.97. The number of benzene rings is 2. The zero-order valence-electron chi connectivity index (χ0n) is 14.6. The van der Waals surface area contributed by atoms with Crippen molar-refractivity contribution < 1.29 is 28.9 Å². The lowest BCUT2D eigenvalue weighted by Crippen LogP contribution is -2.31. The molecule has 0 saturated carbocycles. The number of amides is 2. The fourth-order valence-corrected chi connectivity index (χ4v) is 3.07. The predicted molar refractivity (Wildman–Crippen MR) is 95.3 cm³/mol. The van der Waals surface area contributed by atoms with Gasteiger partial charge in [0.15, 0.2) is 17.3 Å². The summed E-state index contributed by atoms with van der Waals surface area (Å²) in [6.07, 6.45) is 0. The molecule has 7 heteroatoms. The number of fused-ring (bicyclic) bond motifs is 1. The van der Waals surface area contributed by atoms with E-state index in [1.165, 1.54) is 0 Å². The third-order valence-corrected chi connectivity index (χ3v) is 4.38. The van der Waals surface area contributed by atoms with Crippen molar-refractivity contribution in [1.82, 2.24) is 4.90 Å². The quantitative estimate of drug-likeness (QED) is 0.818. The summed E-state index contributed by atoms with van der Waals surface area (Å²) < 4.78 is 15.9. The standard InChI is InChI=1S/C20H17NO6/c1-2-25-14-6-4-13(5-7-14)17-18(22)20(24)21(19(17)23)10-12-3-8-15-16(9-12)27-11-26-15/h3-9,22H,2,10-11H2,1H3. The molecule has 2 aliphatic heterocycles. The Kier molecular flexibility index (Phi) is 4.19. The Labute approximate surface area is 155 Å². The van der Waals surface area contributed by atoms with Crippen molar-refractivity contribution in [3.8, 4) is 17.2 Å². The normalized spacial score (nSPS) is 15.7. The van der Waals surface area contributed by atoms with E-state index in [-0.39, 0.29) is 18.9 Å². The van der Waals surface area contributed by atoms with Gasteiger partial charge in [-0.1, -0.05) is 18.2 Å². The highest BCUT2D eigenvalue weighted by Gasteiger charge is 2.39. The van der Waals surface area contributed by atoms with Crippen LogP contribution in [-0.4, -0.2) is 35.2 Å². The van der Waals surface area contributed by atoms with E-state index in [0.717, 1.165) is 4.90 Å². The number of carbonyl (C=O) groups excluding carboxylic acids is 2. The van der Waals surface area contributed by atoms with E-state index in [4.69, 9.17) is 14.2 Å². The van der Waals surface area contributed by atoms with E-state index in [0.29, 0.717) is 35.0 Å². The summed E-state index contributed by atoms with van der Waals surface area (Å²) in [6.45, 7) is 2.56. The molecule has 1 N–H and O–H groups in total. The number of hydrogen-bond acceptors (Lipinski definition) is 6. The number of rotatable bonds is 5. The largest absolute Gasteiger partial charge is 0.502 e. The van der Waals surface area contributed by atoms with Crippen LogP contribution in [0.2, 0.25) is 0 Å². The zero-order chi connectivity index (χ0) is 19.0. The lowest BCUT2D eigenvalue weighted by Gasteiger charge is -2.15. The van der Waals surface area contributed by atoms with Gasteiger partial charge in [0.25, 0.3) is 11.8 Å². The summed E-state index contributed by atoms with van der Waals surface area (Å²) in [5.41, 5.74) is 1.15. The van der Waals surface area contributed by atoms with Gasteiger partial charge < -0.3 is 19.3 Å². The van der Waals surface area contributed by atoms with E-state index in [9.17, 15) is 14.7 Å². The molecule has 2 amide bonds. The molecule has 0 aromatic heterocycles. The molecule has 27 heavy (non-hydrogen) atoms. The number of imide groups is 1. The average molecular weight is 367 g/mol. The minimum absolute atomic E-state index is 0.0104. The second-order valence-corrected chi connectivity index (χ2v) is 6.07. The number of hydrogen-bond donors (Lipinski definition) is 1. The topological polar surface area (TPSA) is 85.3 Å². The third-order valence-electron chi connectivity index (χ3n) is 4.38. The van der Waals surface area contributed by atoms with Crippen LogP contribution in [0.5, 0.6) is 17.2 Å². The van der Waals surface area contributed by atoms with Crippen LogP contribution in [0.3, 0.4) is 0 Å². The predicted octanol–water partition coefficient (Wildman–Crippen LogP) is 2.65. The van der Waals surface area contributed by atoms with Crippen LogP contribution in [-0.2, 0) is 16.1 Å². The molecule has 0 radical (unpaired) electrons. The Morgan fingerprint density at radius 2 is 1.78 bits per heavy atom. The first-order valence-corrected chi connectivity index (χ1v) is 8.49. The molecule has 4 rings (SSSR count). The first kappa shape index (κ1) is 17.0. The number of ether oxygens (including phenoxy) is 3. The van der Waals surface area contributed by atoms with Gasteiger partial charge in [-0.15, -0.1) is 0 Å². The Balaban J connectivity index is 1.57. The molecule has 0 fully saturated rings. The van der Waals surface area contributed by atoms with Crippen LogP contribution in [0.15, 0.2) is 48.2 Å². The molecule has 0 unspecified atom stereocenters. The van der Waals surface area contributed by atoms with Gasteiger partial charge >= 0.3 is 0 Å². The fourth-order valence-electron chi connectivity index (χ4n) is 3.07. The van der Waals surface area contributed by atoms with Gasteiger partial charge in [-0.3, -0.25) is 14.5 Å². The van der Waals surface area contributed by atoms with Crippen molar-refractivity contribution in [3.05, 3.63) is 59.4 Å². The van der Waals surface area contributed by atoms with Crippen LogP contribution in [0.25, 0.3) is 5.57 Å². The zero-order valence-corrected chi connectivity index (χ0v) is 14.6. The number of aliphatic hydroxyl groups is 1. The SMILES string of the molecule is CCOc1ccc(C2=C(O)C(=O)N(Cc3ccc4c(c3)OCO4)C2=O)cc1. The number of aliphatic hydroxyl groups excluding tert-OH is 1. The molecule has 0 spiro atoms. The minimum atomic E-state index is -0.721. The Morgan fingerprint density at radius 1 is 1.04 bits per heavy atom. The molecule has 0 atom stereocenters. The highest BCUT2D eigenvalue weighted by atomic mass is 16.7. The molecule has 0 aliphatic carbocycles. The second kappa shape index (κ2) is 6.68. The smallest absolute Gasteiger partial charge is 0.296 e. The van der Waals surface area contributed by atoms with E-state index >= 15 is 0 Å². The molecule has 2 heterocycles. The van der Waals surface area contributed by atoms with Crippen molar-refractivity contribution in [1.29, 1.82) is 0 Å². The number of carbonyl (C=O) groups is 2. The summed E-state index contributed by atoms with van der Waals surface area (Å²) in [5.74, 6) is 0.0190. The van der Waals surface area contributed by atoms with Gasteiger partial charge in [0.05, 0.1) is 18.7 Å². The Bertz CT molecular complexity index is 947. The van der Waals surface area contributed by atoms with Crippen LogP contribution in [0.1, 0.15) is 18.1 Å². The Morgan fingerprint density at radius 3 is 2.52 bits per heavy atom. The van der Waals surface area contributed by atoms with Gasteiger partial charge in [-0.2, -0.15) is 0 Å². The van der Waals surface area contributed by atoms with E-state index in [1.807, 2.05) is 6.92 Å². The fraction of sp³-hybridized carbons (Fsp3) is 0.200. The van der Waals surface area contributed by atoms with Crippen LogP contribution < -0.4 is 14.2 Å². The molecular formula is C20H17NO6. The second-order valence-electron chi connectivity index (χ2n) is 6.07. The summed E-state index contributed by atoms with van der Waals surface area (Å²) >= 11 is 0. The summed E-state index contributed by atoms with van der Waals surface area (Å²) in [7, 11) is 0. The lowest BCUT2D eigenvalue weighted by molar-refractivity contribution is -0.138. The lowest BCUT2D eigenvalue weighted by atomic mass is 10.1. The maximum Gasteiger partial charge on any atom is 0.296 e. The first-order chi connectivity index (χ1) is 13.1. The maximum absolute atomic E-state index is 12.8. The Hall–Kier alpha value is -3.48. The van der Waals surface area contributed by atoms with Crippen molar-refractivity contribution in [2.75, 3.05) is 13.4 Å². The van der Waals surface area contributed by atoms with Crippen molar-refractivity contribution in [3.63, 3.8) is 0 Å². The minimum Gasteiger partial charge on any atom is -0.502 e. The van der Waals surface area contributed by atoms with Gasteiger partial charge in [-0.05, 0) is 42.3 Å². The molecule has 2 aromatic carbocycles. The monoisotopic (exact) mass is 367 g/mol. The molecule has 138 valence electrons. The summed E-state index contributed by atoms with van der Waals surface area (Å²) in [5, 5.41) is 10.2. The highest BCUT2D eigenvalue weighted by Crippen LogP contribution is 2.34. The highest BCUT2D eigenvalue weighted by molar-refractivity contribution is 6.34. The summed E-state index contributed by atoms with van der Waals surface area (Å²) in [6, 6.07) is 11.9. The van der Waals surface area contributed by atoms with Gasteiger partial charge in [0, 0.05) is 0 Å². The van der Waals surface area contributed by atoms with E-state index in [1.54, 1.807) is 42.5 Å². The van der Waals surface area contributed by atoms with Crippen LogP contribution in [0.4, 0.5) is 0 Å². The van der Waals surface area contributed by atoms with Crippen molar-refractivity contribution in [2.24, 2.45) is 0 Å². The van der Waals surface area contributed by atoms with Crippen LogP contribution >= 0.6 is 0 Å². The summed E-state index contributed by atoms with van der Waals surface area (Å²) in [4.78, 5) is 26.2. The first-order valence-electron chi connectivity index (χ1n) is 8.49. The van der Waals surface area contributed by atoms with Gasteiger partial charge in [0.1, 0.15) is 5.75 Å². The van der Waals surface area contributed by atoms with Crippen molar-refractivity contribution >= 4 is 17.4 Å². The van der Waals surface area contributed by atoms with Crippen LogP contribution in [0, 0.1) is 0 Å².